The molecule has 0 fully saturated rings. The molecule has 2 rings (SSSR count). The summed E-state index contributed by atoms with van der Waals surface area (Å²) < 4.78 is 0. The molecule has 2 radical (unpaired) electrons. The normalized spacial score (nSPS) is 10.2. The van der Waals surface area contributed by atoms with E-state index in [-0.39, 0.29) is 5.91 Å². The van der Waals surface area contributed by atoms with E-state index in [2.05, 4.69) is 5.32 Å². The van der Waals surface area contributed by atoms with Gasteiger partial charge in [0.2, 0.25) is 0 Å². The molecular weight excluding hydrogens is 258 g/mol. The van der Waals surface area contributed by atoms with Gasteiger partial charge >= 0.3 is 0 Å². The molecule has 5 heteroatoms. The lowest BCUT2D eigenvalue weighted by Gasteiger charge is -2.11. The van der Waals surface area contributed by atoms with Gasteiger partial charge in [0.1, 0.15) is 7.85 Å². The molecule has 2 aromatic rings. The second kappa shape index (κ2) is 5.37. The SMILES string of the molecule is [B]c1ccc(Cl)c(C(=O)Nc2cccc(C)c2N)c1. The zero-order valence-corrected chi connectivity index (χ0v) is 11.2. The van der Waals surface area contributed by atoms with Crippen molar-refractivity contribution in [3.63, 3.8) is 0 Å². The Hall–Kier alpha value is -1.94. The molecule has 0 aromatic heterocycles. The highest BCUT2D eigenvalue weighted by Gasteiger charge is 2.12. The van der Waals surface area contributed by atoms with Gasteiger partial charge in [0.25, 0.3) is 5.91 Å². The van der Waals surface area contributed by atoms with Crippen LogP contribution in [0.1, 0.15) is 15.9 Å². The van der Waals surface area contributed by atoms with Crippen LogP contribution in [0.4, 0.5) is 11.4 Å². The third kappa shape index (κ3) is 2.91. The first-order chi connectivity index (χ1) is 8.99. The zero-order chi connectivity index (χ0) is 14.0. The minimum atomic E-state index is -0.338. The van der Waals surface area contributed by atoms with Crippen LogP contribution in [0.25, 0.3) is 0 Å². The molecule has 0 aliphatic rings. The number of hydrogen-bond donors (Lipinski definition) is 2. The van der Waals surface area contributed by atoms with E-state index in [4.69, 9.17) is 25.2 Å². The maximum Gasteiger partial charge on any atom is 0.257 e. The number of nitrogens with two attached hydrogens (primary N) is 1. The predicted molar refractivity (Wildman–Crippen MR) is 80.4 cm³/mol. The Labute approximate surface area is 118 Å². The fraction of sp³-hybridized carbons (Fsp3) is 0.0714. The van der Waals surface area contributed by atoms with Crippen molar-refractivity contribution in [2.24, 2.45) is 0 Å². The van der Waals surface area contributed by atoms with Crippen molar-refractivity contribution >= 4 is 42.2 Å². The molecule has 0 heterocycles. The molecule has 0 saturated heterocycles. The van der Waals surface area contributed by atoms with Gasteiger partial charge in [-0.25, -0.2) is 0 Å². The van der Waals surface area contributed by atoms with E-state index in [1.807, 2.05) is 19.1 Å². The lowest BCUT2D eigenvalue weighted by molar-refractivity contribution is 0.102. The van der Waals surface area contributed by atoms with Crippen molar-refractivity contribution in [1.29, 1.82) is 0 Å². The Balaban J connectivity index is 2.31. The third-order valence-electron chi connectivity index (χ3n) is 2.81. The van der Waals surface area contributed by atoms with E-state index in [1.165, 1.54) is 6.07 Å². The Morgan fingerprint density at radius 3 is 2.79 bits per heavy atom. The second-order valence-electron chi connectivity index (χ2n) is 4.23. The summed E-state index contributed by atoms with van der Waals surface area (Å²) in [6, 6.07) is 10.2. The average molecular weight is 271 g/mol. The van der Waals surface area contributed by atoms with Gasteiger partial charge in [-0.05, 0) is 24.6 Å². The number of hydrogen-bond acceptors (Lipinski definition) is 2. The summed E-state index contributed by atoms with van der Waals surface area (Å²) in [6.07, 6.45) is 0. The first-order valence-corrected chi connectivity index (χ1v) is 6.08. The van der Waals surface area contributed by atoms with E-state index < -0.39 is 0 Å². The van der Waals surface area contributed by atoms with Gasteiger partial charge in [-0.1, -0.05) is 41.3 Å². The van der Waals surface area contributed by atoms with E-state index in [9.17, 15) is 4.79 Å². The molecule has 0 spiro atoms. The maximum atomic E-state index is 12.1. The summed E-state index contributed by atoms with van der Waals surface area (Å²) in [5.74, 6) is -0.338. The summed E-state index contributed by atoms with van der Waals surface area (Å²) in [5, 5.41) is 3.08. The Kier molecular flexibility index (Phi) is 3.81. The number of benzene rings is 2. The molecule has 2 aromatic carbocycles. The standard InChI is InChI=1S/C14H12BClN2O/c1-8-3-2-4-12(13(8)17)18-14(19)10-7-9(15)5-6-11(10)16/h2-7H,17H2,1H3,(H,18,19). The number of rotatable bonds is 2. The van der Waals surface area contributed by atoms with Crippen LogP contribution in [0.2, 0.25) is 5.02 Å². The van der Waals surface area contributed by atoms with Crippen molar-refractivity contribution in [1.82, 2.24) is 0 Å². The molecule has 0 atom stereocenters. The Bertz CT molecular complexity index is 643. The minimum absolute atomic E-state index is 0.322. The first kappa shape index (κ1) is 13.5. The van der Waals surface area contributed by atoms with Gasteiger partial charge in [0.05, 0.1) is 22.0 Å². The van der Waals surface area contributed by atoms with Crippen LogP contribution in [0.3, 0.4) is 0 Å². The fourth-order valence-electron chi connectivity index (χ4n) is 1.70. The molecule has 19 heavy (non-hydrogen) atoms. The highest BCUT2D eigenvalue weighted by atomic mass is 35.5. The highest BCUT2D eigenvalue weighted by molar-refractivity contribution is 6.37. The Morgan fingerprint density at radius 1 is 1.32 bits per heavy atom. The number of nitrogen functional groups attached to an aromatic ring is 1. The van der Waals surface area contributed by atoms with E-state index >= 15 is 0 Å². The number of para-hydroxylation sites is 1. The van der Waals surface area contributed by atoms with E-state index in [0.29, 0.717) is 27.4 Å². The summed E-state index contributed by atoms with van der Waals surface area (Å²) in [7, 11) is 5.65. The molecule has 1 amide bonds. The van der Waals surface area contributed by atoms with Gasteiger partial charge in [-0.15, -0.1) is 0 Å². The van der Waals surface area contributed by atoms with Crippen LogP contribution < -0.4 is 16.5 Å². The van der Waals surface area contributed by atoms with Crippen LogP contribution in [0, 0.1) is 6.92 Å². The number of carbonyl (C=O) groups is 1. The van der Waals surface area contributed by atoms with Crippen molar-refractivity contribution < 1.29 is 4.79 Å². The van der Waals surface area contributed by atoms with E-state index in [0.717, 1.165) is 5.56 Å². The van der Waals surface area contributed by atoms with Gasteiger partial charge < -0.3 is 11.1 Å². The molecule has 0 saturated carbocycles. The Morgan fingerprint density at radius 2 is 2.05 bits per heavy atom. The number of carbonyl (C=O) groups excluding carboxylic acids is 1. The van der Waals surface area contributed by atoms with Gasteiger partial charge in [-0.3, -0.25) is 4.79 Å². The lowest BCUT2D eigenvalue weighted by atomic mass is 9.94. The highest BCUT2D eigenvalue weighted by Crippen LogP contribution is 2.23. The smallest absolute Gasteiger partial charge is 0.257 e. The van der Waals surface area contributed by atoms with Gasteiger partial charge in [0.15, 0.2) is 0 Å². The minimum Gasteiger partial charge on any atom is -0.397 e. The van der Waals surface area contributed by atoms with Crippen molar-refractivity contribution in [3.8, 4) is 0 Å². The molecular formula is C14H12BClN2O. The topological polar surface area (TPSA) is 55.1 Å². The van der Waals surface area contributed by atoms with Crippen LogP contribution in [-0.2, 0) is 0 Å². The summed E-state index contributed by atoms with van der Waals surface area (Å²) >= 11 is 5.98. The third-order valence-corrected chi connectivity index (χ3v) is 3.14. The quantitative estimate of drug-likeness (QED) is 0.650. The fourth-order valence-corrected chi connectivity index (χ4v) is 1.90. The number of halogens is 1. The average Bonchev–Trinajstić information content (AvgIpc) is 2.38. The number of anilines is 2. The van der Waals surface area contributed by atoms with Crippen LogP contribution in [0.15, 0.2) is 36.4 Å². The van der Waals surface area contributed by atoms with Crippen molar-refractivity contribution in [2.45, 2.75) is 6.92 Å². The molecule has 0 aliphatic carbocycles. The molecule has 3 N–H and O–H groups in total. The maximum absolute atomic E-state index is 12.1. The van der Waals surface area contributed by atoms with E-state index in [1.54, 1.807) is 18.2 Å². The molecule has 3 nitrogen and oxygen atoms in total. The lowest BCUT2D eigenvalue weighted by Crippen LogP contribution is -2.16. The van der Waals surface area contributed by atoms with Crippen LogP contribution >= 0.6 is 11.6 Å². The molecule has 0 unspecified atom stereocenters. The molecule has 0 bridgehead atoms. The van der Waals surface area contributed by atoms with Gasteiger partial charge in [0, 0.05) is 0 Å². The van der Waals surface area contributed by atoms with Gasteiger partial charge in [-0.2, -0.15) is 0 Å². The monoisotopic (exact) mass is 270 g/mol. The number of amides is 1. The van der Waals surface area contributed by atoms with Crippen molar-refractivity contribution in [3.05, 3.63) is 52.5 Å². The molecule has 94 valence electrons. The zero-order valence-electron chi connectivity index (χ0n) is 10.4. The number of aryl methyl sites for hydroxylation is 1. The summed E-state index contributed by atoms with van der Waals surface area (Å²) in [6.45, 7) is 1.87. The largest absolute Gasteiger partial charge is 0.397 e. The first-order valence-electron chi connectivity index (χ1n) is 5.70. The summed E-state index contributed by atoms with van der Waals surface area (Å²) in [5.41, 5.74) is 8.70. The second-order valence-corrected chi connectivity index (χ2v) is 4.64. The molecule has 0 aliphatic heterocycles. The van der Waals surface area contributed by atoms with Crippen LogP contribution in [-0.4, -0.2) is 13.8 Å². The van der Waals surface area contributed by atoms with Crippen LogP contribution in [0.5, 0.6) is 0 Å². The van der Waals surface area contributed by atoms with Crippen molar-refractivity contribution in [2.75, 3.05) is 11.1 Å². The summed E-state index contributed by atoms with van der Waals surface area (Å²) in [4.78, 5) is 12.1. The number of nitrogens with one attached hydrogen (secondary N) is 1. The predicted octanol–water partition coefficient (Wildman–Crippen LogP) is 2.28.